The van der Waals surface area contributed by atoms with Crippen LogP contribution >= 0.6 is 0 Å². The number of hydrogen-bond donors (Lipinski definition) is 1. The molecule has 1 aliphatic rings. The van der Waals surface area contributed by atoms with Gasteiger partial charge >= 0.3 is 5.97 Å². The van der Waals surface area contributed by atoms with Crippen LogP contribution in [0.25, 0.3) is 16.6 Å². The first-order chi connectivity index (χ1) is 18.0. The average molecular weight is 496 g/mol. The Bertz CT molecular complexity index is 1510. The summed E-state index contributed by atoms with van der Waals surface area (Å²) in [4.78, 5) is 43.0. The van der Waals surface area contributed by atoms with Crippen molar-refractivity contribution in [2.75, 3.05) is 6.61 Å². The number of nitrogens with one attached hydrogen (secondary N) is 1. The lowest BCUT2D eigenvalue weighted by Crippen LogP contribution is -2.34. The van der Waals surface area contributed by atoms with E-state index in [9.17, 15) is 14.4 Å². The molecule has 1 atom stereocenters. The van der Waals surface area contributed by atoms with E-state index < -0.39 is 5.97 Å². The third-order valence-electron chi connectivity index (χ3n) is 6.76. The van der Waals surface area contributed by atoms with Gasteiger partial charge in [0.05, 0.1) is 29.1 Å². The molecule has 7 heteroatoms. The highest BCUT2D eigenvalue weighted by molar-refractivity contribution is 5.81. The number of amides is 1. The van der Waals surface area contributed by atoms with E-state index in [1.54, 1.807) is 22.8 Å². The largest absolute Gasteiger partial charge is 0.456 e. The highest BCUT2D eigenvalue weighted by Crippen LogP contribution is 2.29. The third-order valence-corrected chi connectivity index (χ3v) is 6.76. The number of esters is 1. The van der Waals surface area contributed by atoms with Crippen molar-refractivity contribution in [1.29, 1.82) is 0 Å². The molecule has 3 aromatic carbocycles. The van der Waals surface area contributed by atoms with Gasteiger partial charge in [0.25, 0.3) is 11.5 Å². The highest BCUT2D eigenvalue weighted by Gasteiger charge is 2.22. The van der Waals surface area contributed by atoms with Crippen LogP contribution in [0.1, 0.15) is 47.8 Å². The van der Waals surface area contributed by atoms with Crippen molar-refractivity contribution in [3.05, 3.63) is 106 Å². The van der Waals surface area contributed by atoms with E-state index in [1.807, 2.05) is 55.5 Å². The quantitative estimate of drug-likeness (QED) is 0.385. The summed E-state index contributed by atoms with van der Waals surface area (Å²) >= 11 is 0. The number of aromatic nitrogens is 2. The van der Waals surface area contributed by atoms with Crippen molar-refractivity contribution in [2.45, 2.75) is 45.1 Å². The first-order valence-corrected chi connectivity index (χ1v) is 12.6. The smallest absolute Gasteiger partial charge is 0.306 e. The molecule has 5 rings (SSSR count). The average Bonchev–Trinajstić information content (AvgIpc) is 2.92. The van der Waals surface area contributed by atoms with E-state index in [-0.39, 0.29) is 37.0 Å². The third kappa shape index (κ3) is 5.45. The minimum atomic E-state index is -0.517. The minimum absolute atomic E-state index is 0.00379. The van der Waals surface area contributed by atoms with Crippen molar-refractivity contribution >= 4 is 22.8 Å². The van der Waals surface area contributed by atoms with Gasteiger partial charge in [-0.15, -0.1) is 0 Å². The van der Waals surface area contributed by atoms with Crippen LogP contribution in [-0.2, 0) is 27.2 Å². The second-order valence-corrected chi connectivity index (χ2v) is 9.39. The van der Waals surface area contributed by atoms with Crippen LogP contribution in [-0.4, -0.2) is 28.0 Å². The van der Waals surface area contributed by atoms with E-state index in [2.05, 4.69) is 16.4 Å². The number of ether oxygens (including phenoxy) is 1. The van der Waals surface area contributed by atoms with Gasteiger partial charge < -0.3 is 10.1 Å². The normalized spacial score (nSPS) is 14.7. The van der Waals surface area contributed by atoms with Crippen molar-refractivity contribution in [3.8, 4) is 5.69 Å². The molecule has 4 aromatic rings. The highest BCUT2D eigenvalue weighted by atomic mass is 16.5. The second-order valence-electron chi connectivity index (χ2n) is 9.39. The van der Waals surface area contributed by atoms with Crippen LogP contribution in [0, 0.1) is 6.92 Å². The number of benzene rings is 3. The van der Waals surface area contributed by atoms with Crippen molar-refractivity contribution in [3.63, 3.8) is 0 Å². The lowest BCUT2D eigenvalue weighted by molar-refractivity contribution is -0.148. The lowest BCUT2D eigenvalue weighted by atomic mass is 9.88. The summed E-state index contributed by atoms with van der Waals surface area (Å²) in [5.41, 5.74) is 4.52. The van der Waals surface area contributed by atoms with E-state index in [4.69, 9.17) is 4.74 Å². The molecule has 1 N–H and O–H groups in total. The van der Waals surface area contributed by atoms with Gasteiger partial charge in [-0.1, -0.05) is 54.1 Å². The Morgan fingerprint density at radius 3 is 2.62 bits per heavy atom. The summed E-state index contributed by atoms with van der Waals surface area (Å²) in [6.45, 7) is 1.64. The Morgan fingerprint density at radius 2 is 1.78 bits per heavy atom. The van der Waals surface area contributed by atoms with Crippen LogP contribution in [0.15, 0.2) is 77.6 Å². The molecule has 0 unspecified atom stereocenters. The molecule has 0 bridgehead atoms. The Labute approximate surface area is 215 Å². The van der Waals surface area contributed by atoms with Crippen LogP contribution < -0.4 is 10.9 Å². The van der Waals surface area contributed by atoms with Crippen LogP contribution in [0.4, 0.5) is 0 Å². The lowest BCUT2D eigenvalue weighted by Gasteiger charge is -2.26. The molecule has 0 fully saturated rings. The first-order valence-electron chi connectivity index (χ1n) is 12.6. The maximum Gasteiger partial charge on any atom is 0.306 e. The number of carbonyl (C=O) groups is 2. The Hall–Kier alpha value is -4.26. The fraction of sp³-hybridized carbons (Fsp3) is 0.267. The maximum absolute atomic E-state index is 13.3. The summed E-state index contributed by atoms with van der Waals surface area (Å²) in [6, 6.07) is 22.8. The van der Waals surface area contributed by atoms with Crippen LogP contribution in [0.2, 0.25) is 0 Å². The summed E-state index contributed by atoms with van der Waals surface area (Å²) in [7, 11) is 0. The fourth-order valence-corrected chi connectivity index (χ4v) is 4.88. The predicted molar refractivity (Wildman–Crippen MR) is 142 cm³/mol. The van der Waals surface area contributed by atoms with Gasteiger partial charge in [0, 0.05) is 6.42 Å². The van der Waals surface area contributed by atoms with Gasteiger partial charge in [-0.2, -0.15) is 0 Å². The van der Waals surface area contributed by atoms with Gasteiger partial charge in [-0.05, 0) is 61.6 Å². The summed E-state index contributed by atoms with van der Waals surface area (Å²) < 4.78 is 6.81. The molecule has 1 aromatic heterocycles. The molecule has 188 valence electrons. The Morgan fingerprint density at radius 1 is 1.03 bits per heavy atom. The standard InChI is InChI=1S/C30H29N3O4/c1-20-13-15-22(16-14-20)33-27(31-26-11-5-4-10-24(26)30(33)36)17-18-29(35)37-19-28(34)32-25-12-6-8-21-7-2-3-9-23(21)25/h2-5,7,9-11,13-16,25H,6,8,12,17-19H2,1H3,(H,32,34)/t25-/m0/s1. The molecule has 7 nitrogen and oxygen atoms in total. The Kier molecular flexibility index (Phi) is 7.12. The SMILES string of the molecule is Cc1ccc(-n2c(CCC(=O)OCC(=O)N[C@H]3CCCc4ccccc43)nc3ccccc3c2=O)cc1. The molecule has 0 saturated heterocycles. The molecule has 0 aliphatic heterocycles. The monoisotopic (exact) mass is 495 g/mol. The molecule has 37 heavy (non-hydrogen) atoms. The number of rotatable bonds is 7. The fourth-order valence-electron chi connectivity index (χ4n) is 4.88. The zero-order chi connectivity index (χ0) is 25.8. The van der Waals surface area contributed by atoms with Crippen molar-refractivity contribution in [1.82, 2.24) is 14.9 Å². The second kappa shape index (κ2) is 10.8. The zero-order valence-corrected chi connectivity index (χ0v) is 20.8. The van der Waals surface area contributed by atoms with Crippen LogP contribution in [0.3, 0.4) is 0 Å². The number of fused-ring (bicyclic) bond motifs is 2. The maximum atomic E-state index is 13.3. The number of hydrogen-bond acceptors (Lipinski definition) is 5. The number of aryl methyl sites for hydroxylation is 3. The van der Waals surface area contributed by atoms with Gasteiger partial charge in [-0.3, -0.25) is 19.0 Å². The van der Waals surface area contributed by atoms with E-state index >= 15 is 0 Å². The van der Waals surface area contributed by atoms with Crippen LogP contribution in [0.5, 0.6) is 0 Å². The molecule has 0 saturated carbocycles. The topological polar surface area (TPSA) is 90.3 Å². The number of carbonyl (C=O) groups excluding carboxylic acids is 2. The van der Waals surface area contributed by atoms with E-state index in [0.29, 0.717) is 22.4 Å². The van der Waals surface area contributed by atoms with E-state index in [1.165, 1.54) is 5.56 Å². The van der Waals surface area contributed by atoms with Gasteiger partial charge in [0.2, 0.25) is 0 Å². The van der Waals surface area contributed by atoms with Crippen molar-refractivity contribution in [2.24, 2.45) is 0 Å². The number of nitrogens with zero attached hydrogens (tertiary/aromatic N) is 2. The molecule has 1 heterocycles. The summed E-state index contributed by atoms with van der Waals surface area (Å²) in [6.07, 6.45) is 3.07. The first kappa shape index (κ1) is 24.4. The molecule has 0 spiro atoms. The number of para-hydroxylation sites is 1. The molecular formula is C30H29N3O4. The molecule has 1 amide bonds. The zero-order valence-electron chi connectivity index (χ0n) is 20.8. The van der Waals surface area contributed by atoms with Crippen molar-refractivity contribution < 1.29 is 14.3 Å². The van der Waals surface area contributed by atoms with Gasteiger partial charge in [-0.25, -0.2) is 4.98 Å². The molecule has 0 radical (unpaired) electrons. The molecule has 1 aliphatic carbocycles. The predicted octanol–water partition coefficient (Wildman–Crippen LogP) is 4.36. The summed E-state index contributed by atoms with van der Waals surface area (Å²) in [5.74, 6) is -0.375. The molecular weight excluding hydrogens is 466 g/mol. The summed E-state index contributed by atoms with van der Waals surface area (Å²) in [5, 5.41) is 3.50. The Balaban J connectivity index is 1.25. The van der Waals surface area contributed by atoms with Gasteiger partial charge in [0.15, 0.2) is 6.61 Å². The van der Waals surface area contributed by atoms with E-state index in [0.717, 1.165) is 30.4 Å². The van der Waals surface area contributed by atoms with Gasteiger partial charge in [0.1, 0.15) is 5.82 Å². The minimum Gasteiger partial charge on any atom is -0.456 e.